The molecule has 0 radical (unpaired) electrons. The van der Waals surface area contributed by atoms with E-state index in [4.69, 9.17) is 4.74 Å². The molecule has 0 amide bonds. The predicted molar refractivity (Wildman–Crippen MR) is 123 cm³/mol. The molecule has 162 valence electrons. The van der Waals surface area contributed by atoms with Gasteiger partial charge < -0.3 is 4.74 Å². The van der Waals surface area contributed by atoms with Crippen molar-refractivity contribution in [3.05, 3.63) is 35.6 Å². The molecule has 0 heterocycles. The quantitative estimate of drug-likeness (QED) is 0.412. The van der Waals surface area contributed by atoms with Crippen molar-refractivity contribution in [3.63, 3.8) is 0 Å². The summed E-state index contributed by atoms with van der Waals surface area (Å²) in [5.41, 5.74) is 2.56. The topological polar surface area (TPSA) is 9.23 Å². The van der Waals surface area contributed by atoms with Gasteiger partial charge in [-0.05, 0) is 110 Å². The van der Waals surface area contributed by atoms with Gasteiger partial charge in [-0.1, -0.05) is 45.9 Å². The summed E-state index contributed by atoms with van der Waals surface area (Å²) in [4.78, 5) is 0. The number of rotatable bonds is 6. The van der Waals surface area contributed by atoms with Gasteiger partial charge in [0, 0.05) is 6.42 Å². The van der Waals surface area contributed by atoms with E-state index in [1.165, 1.54) is 57.1 Å². The molecule has 29 heavy (non-hydrogen) atoms. The molecule has 2 fully saturated rings. The Morgan fingerprint density at radius 3 is 2.69 bits per heavy atom. The molecule has 0 aromatic rings. The molecular weight excluding hydrogens is 352 g/mol. The number of fused-ring (bicyclic) bond motifs is 5. The number of hydrogen-bond acceptors (Lipinski definition) is 1. The van der Waals surface area contributed by atoms with E-state index in [1.807, 2.05) is 0 Å². The first-order chi connectivity index (χ1) is 13.9. The van der Waals surface area contributed by atoms with Gasteiger partial charge in [0.15, 0.2) is 0 Å². The Morgan fingerprint density at radius 2 is 1.93 bits per heavy atom. The monoisotopic (exact) mass is 396 g/mol. The van der Waals surface area contributed by atoms with Gasteiger partial charge in [0.1, 0.15) is 0 Å². The Bertz CT molecular complexity index is 682. The first kappa shape index (κ1) is 21.3. The fraction of sp³-hybridized carbons (Fsp3) is 0.786. The van der Waals surface area contributed by atoms with Gasteiger partial charge in [0.05, 0.1) is 12.4 Å². The first-order valence-corrected chi connectivity index (χ1v) is 12.6. The maximum atomic E-state index is 5.89. The summed E-state index contributed by atoms with van der Waals surface area (Å²) in [6.07, 6.45) is 22.1. The third-order valence-corrected chi connectivity index (χ3v) is 9.45. The second-order valence-corrected chi connectivity index (χ2v) is 11.4. The summed E-state index contributed by atoms with van der Waals surface area (Å²) in [5, 5.41) is 0. The van der Waals surface area contributed by atoms with E-state index in [0.717, 1.165) is 42.6 Å². The van der Waals surface area contributed by atoms with Crippen LogP contribution in [0, 0.1) is 40.4 Å². The Balaban J connectivity index is 1.50. The smallest absolute Gasteiger partial charge is 0.0962 e. The average Bonchev–Trinajstić information content (AvgIpc) is 3.02. The van der Waals surface area contributed by atoms with Crippen LogP contribution in [0.1, 0.15) is 92.4 Å². The lowest BCUT2D eigenvalue weighted by Crippen LogP contribution is -2.49. The van der Waals surface area contributed by atoms with Crippen molar-refractivity contribution in [2.24, 2.45) is 40.4 Å². The van der Waals surface area contributed by atoms with E-state index < -0.39 is 0 Å². The molecule has 0 spiro atoms. The van der Waals surface area contributed by atoms with Crippen LogP contribution in [0.5, 0.6) is 0 Å². The van der Waals surface area contributed by atoms with Gasteiger partial charge >= 0.3 is 0 Å². The summed E-state index contributed by atoms with van der Waals surface area (Å²) < 4.78 is 5.89. The lowest BCUT2D eigenvalue weighted by Gasteiger charge is -2.57. The fourth-order valence-corrected chi connectivity index (χ4v) is 7.72. The molecule has 0 bridgehead atoms. The molecular formula is C28H44O. The lowest BCUT2D eigenvalue weighted by atomic mass is 9.48. The Labute approximate surface area is 180 Å². The molecule has 0 N–H and O–H groups in total. The van der Waals surface area contributed by atoms with Crippen molar-refractivity contribution in [2.75, 3.05) is 6.61 Å². The Kier molecular flexibility index (Phi) is 6.07. The molecule has 4 rings (SSSR count). The van der Waals surface area contributed by atoms with Crippen LogP contribution in [-0.4, -0.2) is 6.61 Å². The number of ether oxygens (including phenoxy) is 1. The summed E-state index contributed by atoms with van der Waals surface area (Å²) in [6, 6.07) is 0. The van der Waals surface area contributed by atoms with Crippen LogP contribution in [-0.2, 0) is 4.74 Å². The molecule has 0 aromatic carbocycles. The average molecular weight is 397 g/mol. The van der Waals surface area contributed by atoms with Crippen LogP contribution >= 0.6 is 0 Å². The normalized spacial score (nSPS) is 41.6. The lowest BCUT2D eigenvalue weighted by molar-refractivity contribution is -0.0369. The van der Waals surface area contributed by atoms with Gasteiger partial charge in [-0.3, -0.25) is 0 Å². The maximum absolute atomic E-state index is 5.89. The molecule has 2 saturated carbocycles. The minimum Gasteiger partial charge on any atom is -0.498 e. The van der Waals surface area contributed by atoms with E-state index in [0.29, 0.717) is 10.8 Å². The molecule has 4 aliphatic carbocycles. The molecule has 0 saturated heterocycles. The van der Waals surface area contributed by atoms with E-state index in [2.05, 4.69) is 58.9 Å². The summed E-state index contributed by atoms with van der Waals surface area (Å²) in [7, 11) is 0. The van der Waals surface area contributed by atoms with Gasteiger partial charge in [-0.2, -0.15) is 0 Å². The highest BCUT2D eigenvalue weighted by molar-refractivity contribution is 5.35. The van der Waals surface area contributed by atoms with Gasteiger partial charge in [0.25, 0.3) is 0 Å². The van der Waals surface area contributed by atoms with E-state index in [1.54, 1.807) is 5.57 Å². The summed E-state index contributed by atoms with van der Waals surface area (Å²) >= 11 is 0. The molecule has 6 atom stereocenters. The molecule has 0 aliphatic heterocycles. The summed E-state index contributed by atoms with van der Waals surface area (Å²) in [6.45, 7) is 12.8. The van der Waals surface area contributed by atoms with Crippen molar-refractivity contribution in [3.8, 4) is 0 Å². The van der Waals surface area contributed by atoms with Crippen LogP contribution in [0.3, 0.4) is 0 Å². The zero-order valence-corrected chi connectivity index (χ0v) is 19.7. The molecule has 0 aromatic heterocycles. The van der Waals surface area contributed by atoms with Crippen LogP contribution in [0.25, 0.3) is 0 Å². The van der Waals surface area contributed by atoms with Crippen LogP contribution in [0.4, 0.5) is 0 Å². The molecule has 6 unspecified atom stereocenters. The number of hydrogen-bond donors (Lipinski definition) is 0. The zero-order chi connectivity index (χ0) is 20.6. The van der Waals surface area contributed by atoms with Crippen molar-refractivity contribution < 1.29 is 4.74 Å². The standard InChI is InChI=1S/C28H44O/c1-6-29-23-15-17-28(5)22(19-23)11-13-24-25-14-12-21(10-8-7-9-20(2)3)27(25,4)18-16-26(24)28/h7-8,11,19-21,24-26H,6,9-10,12-18H2,1-5H3/b8-7+. The predicted octanol–water partition coefficient (Wildman–Crippen LogP) is 8.09. The molecule has 4 aliphatic rings. The van der Waals surface area contributed by atoms with Crippen LogP contribution < -0.4 is 0 Å². The van der Waals surface area contributed by atoms with Crippen molar-refractivity contribution >= 4 is 0 Å². The van der Waals surface area contributed by atoms with Crippen LogP contribution in [0.2, 0.25) is 0 Å². The largest absolute Gasteiger partial charge is 0.498 e. The van der Waals surface area contributed by atoms with Gasteiger partial charge in [-0.15, -0.1) is 0 Å². The van der Waals surface area contributed by atoms with Gasteiger partial charge in [-0.25, -0.2) is 0 Å². The third-order valence-electron chi connectivity index (χ3n) is 9.45. The second kappa shape index (κ2) is 8.27. The third kappa shape index (κ3) is 3.77. The minimum atomic E-state index is 0.389. The highest BCUT2D eigenvalue weighted by Crippen LogP contribution is 2.66. The number of allylic oxidation sites excluding steroid dienone is 6. The first-order valence-electron chi connectivity index (χ1n) is 12.6. The zero-order valence-electron chi connectivity index (χ0n) is 19.7. The van der Waals surface area contributed by atoms with Crippen LogP contribution in [0.15, 0.2) is 35.6 Å². The second-order valence-electron chi connectivity index (χ2n) is 11.4. The molecule has 1 nitrogen and oxygen atoms in total. The Morgan fingerprint density at radius 1 is 1.10 bits per heavy atom. The molecule has 1 heteroatoms. The fourth-order valence-electron chi connectivity index (χ4n) is 7.72. The van der Waals surface area contributed by atoms with E-state index >= 15 is 0 Å². The van der Waals surface area contributed by atoms with Crippen molar-refractivity contribution in [1.82, 2.24) is 0 Å². The maximum Gasteiger partial charge on any atom is 0.0962 e. The highest BCUT2D eigenvalue weighted by atomic mass is 16.5. The summed E-state index contributed by atoms with van der Waals surface area (Å²) in [5.74, 6) is 5.65. The Hall–Kier alpha value is -0.980. The van der Waals surface area contributed by atoms with Crippen molar-refractivity contribution in [1.29, 1.82) is 0 Å². The van der Waals surface area contributed by atoms with Crippen molar-refractivity contribution in [2.45, 2.75) is 92.4 Å². The van der Waals surface area contributed by atoms with E-state index in [-0.39, 0.29) is 0 Å². The minimum absolute atomic E-state index is 0.389. The highest BCUT2D eigenvalue weighted by Gasteiger charge is 2.57. The van der Waals surface area contributed by atoms with Gasteiger partial charge in [0.2, 0.25) is 0 Å². The van der Waals surface area contributed by atoms with E-state index in [9.17, 15) is 0 Å². The SMILES string of the molecule is CCOC1=CC2=CCC3C(CCC4(C)C(C/C=C/CC(C)C)CCC34)C2(C)CC1.